The Bertz CT molecular complexity index is 3950. The SMILES string of the molecule is CC(C)(C)C(=O)C=C(O)C(C)(C)C.CC(C)(C)C(=O)C=C(O)C(C)(C)C.CC(C)(C)C(=O)C=C(O)C(C)(C)C.CC(C)(C)c1c[c-]c(-c2cc3ccccc3cn2)cc1.Cc1cc(-c2cc3ccccc3cn2)[c-]cc1F.[Ir].[Ir].[Ir].[c-]1ccccc1-c1cc2ccccc2cn1. The molecule has 13 heteroatoms. The molecule has 0 saturated carbocycles. The Balaban J connectivity index is 0.000000578. The number of nitrogens with zero attached hydrogens (tertiary/aromatic N) is 3. The minimum absolute atomic E-state index is 0. The van der Waals surface area contributed by atoms with Gasteiger partial charge in [0.05, 0.1) is 0 Å². The molecule has 3 N–H and O–H groups in total. The van der Waals surface area contributed by atoms with Gasteiger partial charge in [0.1, 0.15) is 17.3 Å². The van der Waals surface area contributed by atoms with E-state index < -0.39 is 16.2 Å². The monoisotopic (exact) mass is 1830 g/mol. The quantitative estimate of drug-likeness (QED) is 0.0840. The molecule has 0 amide bonds. The van der Waals surface area contributed by atoms with Crippen LogP contribution >= 0.6 is 0 Å². The van der Waals surface area contributed by atoms with Gasteiger partial charge in [0, 0.05) is 135 Å². The number of aliphatic hydroxyl groups is 3. The van der Waals surface area contributed by atoms with Crippen molar-refractivity contribution in [3.63, 3.8) is 0 Å². The zero-order valence-electron chi connectivity index (χ0n) is 60.1. The number of pyridine rings is 3. The molecule has 0 aliphatic carbocycles. The average molecular weight is 1830 g/mol. The van der Waals surface area contributed by atoms with Gasteiger partial charge >= 0.3 is 0 Å². The van der Waals surface area contributed by atoms with Gasteiger partial charge in [0.15, 0.2) is 17.3 Å². The van der Waals surface area contributed by atoms with Gasteiger partial charge in [-0.05, 0) is 54.8 Å². The Kier molecular flexibility index (Phi) is 33.7. The molecule has 9 rings (SSSR count). The number of aliphatic hydroxyl groups excluding tert-OH is 3. The van der Waals surface area contributed by atoms with Crippen molar-refractivity contribution >= 4 is 49.7 Å². The second-order valence-corrected chi connectivity index (χ2v) is 30.3. The predicted octanol–water partition coefficient (Wildman–Crippen LogP) is 22.1. The zero-order chi connectivity index (χ0) is 70.1. The van der Waals surface area contributed by atoms with E-state index in [-0.39, 0.29) is 122 Å². The van der Waals surface area contributed by atoms with Gasteiger partial charge in [-0.1, -0.05) is 249 Å². The number of carbonyl (C=O) groups is 3. The summed E-state index contributed by atoms with van der Waals surface area (Å²) >= 11 is 0. The van der Waals surface area contributed by atoms with E-state index in [2.05, 4.69) is 115 Å². The Morgan fingerprint density at radius 3 is 0.948 bits per heavy atom. The normalized spacial score (nSPS) is 12.1. The first-order valence-electron chi connectivity index (χ1n) is 31.4. The van der Waals surface area contributed by atoms with Crippen LogP contribution < -0.4 is 0 Å². The maximum atomic E-state index is 13.2. The molecule has 0 bridgehead atoms. The van der Waals surface area contributed by atoms with E-state index in [1.54, 1.807) is 13.0 Å². The van der Waals surface area contributed by atoms with Crippen LogP contribution in [0.2, 0.25) is 0 Å². The average Bonchev–Trinajstić information content (AvgIpc) is 0.841. The number of aromatic nitrogens is 3. The minimum Gasteiger partial charge on any atom is -0.512 e. The number of ketones is 3. The molecule has 96 heavy (non-hydrogen) atoms. The summed E-state index contributed by atoms with van der Waals surface area (Å²) in [5.41, 5.74) is 5.43. The van der Waals surface area contributed by atoms with Gasteiger partial charge in [-0.15, -0.1) is 95.1 Å². The number of benzene rings is 6. The first-order valence-corrected chi connectivity index (χ1v) is 31.4. The summed E-state index contributed by atoms with van der Waals surface area (Å²) in [6, 6.07) is 57.6. The minimum atomic E-state index is -0.417. The maximum absolute atomic E-state index is 13.2. The van der Waals surface area contributed by atoms with E-state index in [9.17, 15) is 34.1 Å². The third kappa shape index (κ3) is 28.6. The van der Waals surface area contributed by atoms with Crippen molar-refractivity contribution in [3.05, 3.63) is 235 Å². The summed E-state index contributed by atoms with van der Waals surface area (Å²) in [6.45, 7) is 41.7. The topological polar surface area (TPSA) is 151 Å². The van der Waals surface area contributed by atoms with Gasteiger partial charge in [-0.2, -0.15) is 0 Å². The maximum Gasteiger partial charge on any atom is 0.164 e. The van der Waals surface area contributed by atoms with Crippen LogP contribution in [0, 0.1) is 63.4 Å². The number of rotatable bonds is 6. The first-order chi connectivity index (χ1) is 42.9. The van der Waals surface area contributed by atoms with Crippen LogP contribution in [0.15, 0.2) is 200 Å². The summed E-state index contributed by atoms with van der Waals surface area (Å²) < 4.78 is 13.2. The van der Waals surface area contributed by atoms with E-state index in [1.807, 2.05) is 216 Å². The van der Waals surface area contributed by atoms with Crippen molar-refractivity contribution in [3.8, 4) is 33.8 Å². The summed E-state index contributed by atoms with van der Waals surface area (Å²) in [4.78, 5) is 47.8. The fourth-order valence-corrected chi connectivity index (χ4v) is 7.70. The molecule has 9 nitrogen and oxygen atoms in total. The van der Waals surface area contributed by atoms with Crippen molar-refractivity contribution < 1.29 is 94.4 Å². The number of hydrogen-bond donors (Lipinski definition) is 3. The molecule has 0 aliphatic heterocycles. The molecule has 6 aromatic carbocycles. The molecule has 0 spiro atoms. The van der Waals surface area contributed by atoms with Crippen molar-refractivity contribution in [2.45, 2.75) is 158 Å². The van der Waals surface area contributed by atoms with Crippen molar-refractivity contribution in [1.82, 2.24) is 15.0 Å². The Hall–Kier alpha value is -6.94. The van der Waals surface area contributed by atoms with Crippen molar-refractivity contribution in [2.24, 2.45) is 32.5 Å². The molecule has 3 aromatic heterocycles. The standard InChI is InChI=1S/C19H18N.C16H11FN.C15H10N.3C11H20O2.3Ir/c1-19(2,3)17-10-8-14(9-11-17)18-12-15-6-4-5-7-16(15)13-20-18;1-11-8-13(6-7-15(11)17)16-9-12-4-2-3-5-14(12)10-18-16;1-2-6-12(7-3-1)15-10-13-8-4-5-9-14(13)11-16-15;3*1-10(2,3)8(12)7-9(13)11(4,5)6;;;/h4-8,10-13H,1-3H3;2-5,7-10H,1H3;1-6,8-11H;3*7,12H,1-6H3;;;/q3*-1;;;;;;. The van der Waals surface area contributed by atoms with Crippen LogP contribution in [-0.4, -0.2) is 47.6 Å². The van der Waals surface area contributed by atoms with Gasteiger partial charge in [0.25, 0.3) is 0 Å². The molecular weight excluding hydrogens is 1730 g/mol. The largest absolute Gasteiger partial charge is 0.512 e. The molecular formula is C83H99FIr3N3O6-3. The molecule has 3 radical (unpaired) electrons. The molecule has 0 aliphatic rings. The second kappa shape index (κ2) is 37.1. The van der Waals surface area contributed by atoms with Gasteiger partial charge in [-0.3, -0.25) is 18.8 Å². The van der Waals surface area contributed by atoms with Gasteiger partial charge in [0.2, 0.25) is 0 Å². The molecule has 9 aromatic rings. The van der Waals surface area contributed by atoms with Crippen molar-refractivity contribution in [2.75, 3.05) is 0 Å². The fraction of sp³-hybridized carbons (Fsp3) is 0.349. The number of carbonyl (C=O) groups excluding carboxylic acids is 3. The Morgan fingerprint density at radius 2 is 0.677 bits per heavy atom. The summed E-state index contributed by atoms with van der Waals surface area (Å²) in [5, 5.41) is 35.7. The molecule has 0 unspecified atom stereocenters. The smallest absolute Gasteiger partial charge is 0.164 e. The van der Waals surface area contributed by atoms with Crippen LogP contribution in [-0.2, 0) is 80.1 Å². The number of aryl methyl sites for hydroxylation is 1. The number of fused-ring (bicyclic) bond motifs is 3. The van der Waals surface area contributed by atoms with Crippen LogP contribution in [0.3, 0.4) is 0 Å². The van der Waals surface area contributed by atoms with E-state index in [0.29, 0.717) is 5.56 Å². The predicted molar refractivity (Wildman–Crippen MR) is 385 cm³/mol. The molecule has 519 valence electrons. The molecule has 0 atom stereocenters. The number of hydrogen-bond acceptors (Lipinski definition) is 9. The van der Waals surface area contributed by atoms with Crippen LogP contribution in [0.1, 0.15) is 157 Å². The molecule has 0 fully saturated rings. The Morgan fingerprint density at radius 1 is 0.375 bits per heavy atom. The first kappa shape index (κ1) is 87.1. The Labute approximate surface area is 613 Å². The zero-order valence-corrected chi connectivity index (χ0v) is 67.3. The number of allylic oxidation sites excluding steroid dienone is 6. The summed E-state index contributed by atoms with van der Waals surface area (Å²) in [5.74, 6) is 0.0755. The van der Waals surface area contributed by atoms with Crippen LogP contribution in [0.4, 0.5) is 4.39 Å². The molecule has 0 saturated heterocycles. The summed E-state index contributed by atoms with van der Waals surface area (Å²) in [6.07, 6.45) is 9.67. The van der Waals surface area contributed by atoms with E-state index >= 15 is 0 Å². The third-order valence-electron chi connectivity index (χ3n) is 14.5. The van der Waals surface area contributed by atoms with Crippen LogP contribution in [0.25, 0.3) is 66.1 Å². The number of halogens is 1. The fourth-order valence-electron chi connectivity index (χ4n) is 7.70. The van der Waals surface area contributed by atoms with E-state index in [4.69, 9.17) is 0 Å². The van der Waals surface area contributed by atoms with Crippen LogP contribution in [0.5, 0.6) is 0 Å². The van der Waals surface area contributed by atoms with Crippen molar-refractivity contribution in [1.29, 1.82) is 0 Å². The van der Waals surface area contributed by atoms with E-state index in [0.717, 1.165) is 44.5 Å². The molecule has 3 heterocycles. The van der Waals surface area contributed by atoms with E-state index in [1.165, 1.54) is 51.4 Å². The van der Waals surface area contributed by atoms with Gasteiger partial charge < -0.3 is 30.3 Å². The summed E-state index contributed by atoms with van der Waals surface area (Å²) in [7, 11) is 0. The second-order valence-electron chi connectivity index (χ2n) is 30.3. The van der Waals surface area contributed by atoms with Gasteiger partial charge in [-0.25, -0.2) is 0 Å². The third-order valence-corrected chi connectivity index (χ3v) is 14.5.